The second-order valence-corrected chi connectivity index (χ2v) is 4.91. The van der Waals surface area contributed by atoms with E-state index in [1.54, 1.807) is 0 Å². The Kier molecular flexibility index (Phi) is 3.65. The standard InChI is InChI=1S/C14H18N2O2/c1-9(2)14(18)15-6-5-10-3-4-12-11(7-10)8-13(17)16-12/h3-4,7,9H,5-6,8H2,1-2H3,(H,15,18)(H,16,17). The number of nitrogens with one attached hydrogen (secondary N) is 2. The average Bonchev–Trinajstić information content (AvgIpc) is 2.68. The molecule has 2 amide bonds. The second kappa shape index (κ2) is 5.21. The Labute approximate surface area is 107 Å². The van der Waals surface area contributed by atoms with Gasteiger partial charge in [-0.3, -0.25) is 9.59 Å². The Hall–Kier alpha value is -1.84. The molecule has 18 heavy (non-hydrogen) atoms. The zero-order valence-corrected chi connectivity index (χ0v) is 10.7. The van der Waals surface area contributed by atoms with Crippen LogP contribution in [0.2, 0.25) is 0 Å². The molecule has 96 valence electrons. The molecule has 1 heterocycles. The lowest BCUT2D eigenvalue weighted by molar-refractivity contribution is -0.124. The summed E-state index contributed by atoms with van der Waals surface area (Å²) in [4.78, 5) is 22.6. The monoisotopic (exact) mass is 246 g/mol. The van der Waals surface area contributed by atoms with E-state index in [0.29, 0.717) is 13.0 Å². The van der Waals surface area contributed by atoms with Crippen molar-refractivity contribution in [2.24, 2.45) is 5.92 Å². The third kappa shape index (κ3) is 2.88. The van der Waals surface area contributed by atoms with Gasteiger partial charge in [-0.1, -0.05) is 26.0 Å². The maximum Gasteiger partial charge on any atom is 0.228 e. The van der Waals surface area contributed by atoms with Gasteiger partial charge in [0.05, 0.1) is 6.42 Å². The number of benzene rings is 1. The molecule has 1 aromatic rings. The molecular formula is C14H18N2O2. The molecule has 2 N–H and O–H groups in total. The van der Waals surface area contributed by atoms with E-state index in [1.807, 2.05) is 32.0 Å². The number of anilines is 1. The number of carbonyl (C=O) groups excluding carboxylic acids is 2. The largest absolute Gasteiger partial charge is 0.356 e. The summed E-state index contributed by atoms with van der Waals surface area (Å²) >= 11 is 0. The number of hydrogen-bond donors (Lipinski definition) is 2. The quantitative estimate of drug-likeness (QED) is 0.845. The fraction of sp³-hybridized carbons (Fsp3) is 0.429. The number of rotatable bonds is 4. The molecule has 0 aromatic heterocycles. The summed E-state index contributed by atoms with van der Waals surface area (Å²) in [6.45, 7) is 4.39. The molecule has 0 unspecified atom stereocenters. The Morgan fingerprint density at radius 1 is 1.44 bits per heavy atom. The SMILES string of the molecule is CC(C)C(=O)NCCc1ccc2c(c1)CC(=O)N2. The van der Waals surface area contributed by atoms with Crippen molar-refractivity contribution in [3.05, 3.63) is 29.3 Å². The van der Waals surface area contributed by atoms with Crippen LogP contribution in [0.1, 0.15) is 25.0 Å². The van der Waals surface area contributed by atoms with Crippen molar-refractivity contribution in [3.63, 3.8) is 0 Å². The van der Waals surface area contributed by atoms with Crippen LogP contribution >= 0.6 is 0 Å². The van der Waals surface area contributed by atoms with Gasteiger partial charge in [0, 0.05) is 18.2 Å². The minimum Gasteiger partial charge on any atom is -0.356 e. The van der Waals surface area contributed by atoms with E-state index in [9.17, 15) is 9.59 Å². The molecule has 4 nitrogen and oxygen atoms in total. The molecule has 0 saturated carbocycles. The highest BCUT2D eigenvalue weighted by molar-refractivity contribution is 5.99. The molecule has 0 atom stereocenters. The first-order valence-electron chi connectivity index (χ1n) is 6.25. The average molecular weight is 246 g/mol. The Bertz CT molecular complexity index is 481. The smallest absolute Gasteiger partial charge is 0.228 e. The Balaban J connectivity index is 1.90. The van der Waals surface area contributed by atoms with Crippen LogP contribution in [-0.4, -0.2) is 18.4 Å². The molecule has 1 aliphatic heterocycles. The zero-order valence-electron chi connectivity index (χ0n) is 10.7. The van der Waals surface area contributed by atoms with Crippen LogP contribution in [0.25, 0.3) is 0 Å². The van der Waals surface area contributed by atoms with Crippen molar-refractivity contribution >= 4 is 17.5 Å². The summed E-state index contributed by atoms with van der Waals surface area (Å²) < 4.78 is 0. The lowest BCUT2D eigenvalue weighted by Crippen LogP contribution is -2.29. The van der Waals surface area contributed by atoms with Crippen molar-refractivity contribution in [1.29, 1.82) is 0 Å². The summed E-state index contributed by atoms with van der Waals surface area (Å²) in [5, 5.41) is 5.69. The lowest BCUT2D eigenvalue weighted by Gasteiger charge is -2.08. The van der Waals surface area contributed by atoms with Gasteiger partial charge in [-0.25, -0.2) is 0 Å². The van der Waals surface area contributed by atoms with E-state index in [4.69, 9.17) is 0 Å². The minimum atomic E-state index is 0.0202. The molecule has 1 aromatic carbocycles. The highest BCUT2D eigenvalue weighted by Gasteiger charge is 2.17. The topological polar surface area (TPSA) is 58.2 Å². The van der Waals surface area contributed by atoms with Crippen LogP contribution in [-0.2, 0) is 22.4 Å². The van der Waals surface area contributed by atoms with E-state index in [-0.39, 0.29) is 17.7 Å². The van der Waals surface area contributed by atoms with Crippen LogP contribution in [0.15, 0.2) is 18.2 Å². The van der Waals surface area contributed by atoms with E-state index in [1.165, 1.54) is 0 Å². The fourth-order valence-corrected chi connectivity index (χ4v) is 1.97. The predicted molar refractivity (Wildman–Crippen MR) is 70.3 cm³/mol. The molecule has 4 heteroatoms. The third-order valence-corrected chi connectivity index (χ3v) is 3.03. The molecule has 2 rings (SSSR count). The van der Waals surface area contributed by atoms with E-state index < -0.39 is 0 Å². The van der Waals surface area contributed by atoms with Gasteiger partial charge in [0.15, 0.2) is 0 Å². The molecule has 0 saturated heterocycles. The normalized spacial score (nSPS) is 13.4. The van der Waals surface area contributed by atoms with E-state index in [0.717, 1.165) is 23.2 Å². The van der Waals surface area contributed by atoms with Gasteiger partial charge in [-0.2, -0.15) is 0 Å². The van der Waals surface area contributed by atoms with Crippen molar-refractivity contribution < 1.29 is 9.59 Å². The number of carbonyl (C=O) groups is 2. The predicted octanol–water partition coefficient (Wildman–Crippen LogP) is 1.50. The zero-order chi connectivity index (χ0) is 13.1. The summed E-state index contributed by atoms with van der Waals surface area (Å²) in [7, 11) is 0. The molecular weight excluding hydrogens is 228 g/mol. The summed E-state index contributed by atoms with van der Waals surface area (Å²) in [6.07, 6.45) is 1.25. The van der Waals surface area contributed by atoms with Crippen LogP contribution in [0, 0.1) is 5.92 Å². The van der Waals surface area contributed by atoms with Crippen LogP contribution < -0.4 is 10.6 Å². The maximum atomic E-state index is 11.4. The van der Waals surface area contributed by atoms with Crippen LogP contribution in [0.5, 0.6) is 0 Å². The number of amides is 2. The first-order chi connectivity index (χ1) is 8.56. The van der Waals surface area contributed by atoms with Crippen molar-refractivity contribution in [2.45, 2.75) is 26.7 Å². The highest BCUT2D eigenvalue weighted by atomic mass is 16.2. The molecule has 0 aliphatic carbocycles. The van der Waals surface area contributed by atoms with Crippen molar-refractivity contribution in [3.8, 4) is 0 Å². The highest BCUT2D eigenvalue weighted by Crippen LogP contribution is 2.23. The van der Waals surface area contributed by atoms with Crippen molar-refractivity contribution in [1.82, 2.24) is 5.32 Å². The van der Waals surface area contributed by atoms with E-state index in [2.05, 4.69) is 10.6 Å². The number of fused-ring (bicyclic) bond motifs is 1. The number of hydrogen-bond acceptors (Lipinski definition) is 2. The first-order valence-corrected chi connectivity index (χ1v) is 6.25. The van der Waals surface area contributed by atoms with Gasteiger partial charge in [-0.05, 0) is 23.6 Å². The molecule has 0 radical (unpaired) electrons. The van der Waals surface area contributed by atoms with E-state index >= 15 is 0 Å². The second-order valence-electron chi connectivity index (χ2n) is 4.91. The maximum absolute atomic E-state index is 11.4. The Morgan fingerprint density at radius 2 is 2.22 bits per heavy atom. The molecule has 0 spiro atoms. The summed E-state index contributed by atoms with van der Waals surface area (Å²) in [6, 6.07) is 5.96. The van der Waals surface area contributed by atoms with Crippen LogP contribution in [0.3, 0.4) is 0 Å². The minimum absolute atomic E-state index is 0.0202. The first kappa shape index (κ1) is 12.6. The fourth-order valence-electron chi connectivity index (χ4n) is 1.97. The van der Waals surface area contributed by atoms with Gasteiger partial charge in [0.25, 0.3) is 0 Å². The van der Waals surface area contributed by atoms with Gasteiger partial charge in [-0.15, -0.1) is 0 Å². The summed E-state index contributed by atoms with van der Waals surface area (Å²) in [5.74, 6) is 0.148. The van der Waals surface area contributed by atoms with Gasteiger partial charge in [0.1, 0.15) is 0 Å². The third-order valence-electron chi connectivity index (χ3n) is 3.03. The van der Waals surface area contributed by atoms with Crippen molar-refractivity contribution in [2.75, 3.05) is 11.9 Å². The Morgan fingerprint density at radius 3 is 2.94 bits per heavy atom. The van der Waals surface area contributed by atoms with Gasteiger partial charge < -0.3 is 10.6 Å². The van der Waals surface area contributed by atoms with Gasteiger partial charge >= 0.3 is 0 Å². The van der Waals surface area contributed by atoms with Crippen LogP contribution in [0.4, 0.5) is 5.69 Å². The molecule has 0 bridgehead atoms. The molecule has 1 aliphatic rings. The molecule has 0 fully saturated rings. The van der Waals surface area contributed by atoms with Gasteiger partial charge in [0.2, 0.25) is 11.8 Å². The lowest BCUT2D eigenvalue weighted by atomic mass is 10.1. The summed E-state index contributed by atoms with van der Waals surface area (Å²) in [5.41, 5.74) is 3.11.